The zero-order chi connectivity index (χ0) is 15.6. The second-order valence-corrected chi connectivity index (χ2v) is 5.55. The maximum Gasteiger partial charge on any atom is 0.335 e. The van der Waals surface area contributed by atoms with E-state index in [0.717, 1.165) is 11.4 Å². The van der Waals surface area contributed by atoms with E-state index >= 15 is 0 Å². The van der Waals surface area contributed by atoms with Crippen LogP contribution in [0.5, 0.6) is 0 Å². The molecule has 0 saturated carbocycles. The molecule has 0 saturated heterocycles. The summed E-state index contributed by atoms with van der Waals surface area (Å²) in [5.74, 6) is -0.287. The lowest BCUT2D eigenvalue weighted by Gasteiger charge is -2.10. The number of hydrogen-bond donors (Lipinski definition) is 2. The fourth-order valence-corrected chi connectivity index (χ4v) is 1.87. The molecule has 0 aliphatic heterocycles. The van der Waals surface area contributed by atoms with Gasteiger partial charge in [-0.15, -0.1) is 0 Å². The Kier molecular flexibility index (Phi) is 4.26. The van der Waals surface area contributed by atoms with Crippen LogP contribution in [0, 0.1) is 0 Å². The number of nitrogens with one attached hydrogen (secondary N) is 1. The summed E-state index contributed by atoms with van der Waals surface area (Å²) in [5.41, 5.74) is 1.76. The number of pyridine rings is 1. The summed E-state index contributed by atoms with van der Waals surface area (Å²) in [6.07, 6.45) is 3.57. The lowest BCUT2D eigenvalue weighted by Crippen LogP contribution is -2.04. The Morgan fingerprint density at radius 2 is 2.00 bits per heavy atom. The number of anilines is 2. The average Bonchev–Trinajstić information content (AvgIpc) is 2.87. The highest BCUT2D eigenvalue weighted by Crippen LogP contribution is 2.21. The highest BCUT2D eigenvalue weighted by Gasteiger charge is 2.11. The van der Waals surface area contributed by atoms with Gasteiger partial charge in [-0.2, -0.15) is 5.10 Å². The van der Waals surface area contributed by atoms with Gasteiger partial charge in [0, 0.05) is 17.9 Å². The summed E-state index contributed by atoms with van der Waals surface area (Å²) in [5, 5.41) is 16.5. The number of carboxylic acid groups (broad SMARTS) is 1. The van der Waals surface area contributed by atoms with Crippen molar-refractivity contribution in [2.75, 3.05) is 5.32 Å². The predicted octanol–water partition coefficient (Wildman–Crippen LogP) is 3.42. The molecule has 0 aromatic carbocycles. The summed E-state index contributed by atoms with van der Waals surface area (Å²) >= 11 is 0. The largest absolute Gasteiger partial charge is 0.478 e. The number of nitrogens with zero attached hydrogens (tertiary/aromatic N) is 3. The van der Waals surface area contributed by atoms with Crippen LogP contribution in [-0.2, 0) is 0 Å². The summed E-state index contributed by atoms with van der Waals surface area (Å²) in [7, 11) is 0. The maximum absolute atomic E-state index is 11.2. The van der Waals surface area contributed by atoms with Crippen molar-refractivity contribution in [3.63, 3.8) is 0 Å². The third-order valence-electron chi connectivity index (χ3n) is 3.09. The minimum atomic E-state index is -0.958. The molecular weight excluding hydrogens is 268 g/mol. The van der Waals surface area contributed by atoms with Crippen molar-refractivity contribution in [1.82, 2.24) is 14.8 Å². The molecule has 21 heavy (non-hydrogen) atoms. The van der Waals surface area contributed by atoms with E-state index in [1.807, 2.05) is 38.6 Å². The van der Waals surface area contributed by atoms with Gasteiger partial charge in [0.2, 0.25) is 0 Å². The molecule has 6 heteroatoms. The second kappa shape index (κ2) is 5.95. The molecule has 0 radical (unpaired) electrons. The molecule has 0 unspecified atom stereocenters. The number of carbonyl (C=O) groups is 1. The van der Waals surface area contributed by atoms with E-state index in [4.69, 9.17) is 0 Å². The number of rotatable bonds is 5. The first-order valence-electron chi connectivity index (χ1n) is 6.93. The van der Waals surface area contributed by atoms with E-state index < -0.39 is 5.97 Å². The topological polar surface area (TPSA) is 80.0 Å². The average molecular weight is 288 g/mol. The standard InChI is InChI=1S/C15H20N4O2/c1-9(2)13-5-11(15(20)21)6-14(18-13)17-12-7-16-19(8-12)10(3)4/h5-10H,1-4H3,(H,17,18)(H,20,21). The van der Waals surface area contributed by atoms with Crippen LogP contribution in [0.15, 0.2) is 24.5 Å². The SMILES string of the molecule is CC(C)c1cc(C(=O)O)cc(Nc2cnn(C(C)C)c2)n1. The first kappa shape index (κ1) is 15.0. The second-order valence-electron chi connectivity index (χ2n) is 5.55. The molecule has 2 rings (SSSR count). The third-order valence-corrected chi connectivity index (χ3v) is 3.09. The molecule has 2 N–H and O–H groups in total. The maximum atomic E-state index is 11.2. The lowest BCUT2D eigenvalue weighted by molar-refractivity contribution is 0.0696. The molecule has 0 spiro atoms. The fourth-order valence-electron chi connectivity index (χ4n) is 1.87. The quantitative estimate of drug-likeness (QED) is 0.881. The zero-order valence-corrected chi connectivity index (χ0v) is 12.7. The summed E-state index contributed by atoms with van der Waals surface area (Å²) in [6, 6.07) is 3.40. The molecule has 0 amide bonds. The van der Waals surface area contributed by atoms with Crippen LogP contribution in [0.25, 0.3) is 0 Å². The molecule has 2 aromatic heterocycles. The number of carboxylic acids is 1. The normalized spacial score (nSPS) is 11.1. The molecule has 6 nitrogen and oxygen atoms in total. The molecule has 2 heterocycles. The van der Waals surface area contributed by atoms with E-state index in [1.165, 1.54) is 6.07 Å². The summed E-state index contributed by atoms with van der Waals surface area (Å²) in [6.45, 7) is 8.04. The van der Waals surface area contributed by atoms with E-state index in [2.05, 4.69) is 15.4 Å². The number of aromatic carboxylic acids is 1. The molecule has 0 atom stereocenters. The first-order valence-corrected chi connectivity index (χ1v) is 6.93. The van der Waals surface area contributed by atoms with Crippen molar-refractivity contribution in [1.29, 1.82) is 0 Å². The smallest absolute Gasteiger partial charge is 0.335 e. The van der Waals surface area contributed by atoms with Crippen molar-refractivity contribution >= 4 is 17.5 Å². The molecule has 0 bridgehead atoms. The Bertz CT molecular complexity index is 647. The third kappa shape index (κ3) is 3.59. The van der Waals surface area contributed by atoms with Gasteiger partial charge in [0.15, 0.2) is 0 Å². The van der Waals surface area contributed by atoms with Crippen LogP contribution in [0.4, 0.5) is 11.5 Å². The van der Waals surface area contributed by atoms with Crippen molar-refractivity contribution < 1.29 is 9.90 Å². The molecule has 0 aliphatic rings. The molecular formula is C15H20N4O2. The summed E-state index contributed by atoms with van der Waals surface area (Å²) < 4.78 is 1.83. The monoisotopic (exact) mass is 288 g/mol. The van der Waals surface area contributed by atoms with Crippen LogP contribution in [0.3, 0.4) is 0 Å². The molecule has 112 valence electrons. The Morgan fingerprint density at radius 1 is 1.29 bits per heavy atom. The number of aromatic nitrogens is 3. The summed E-state index contributed by atoms with van der Waals surface area (Å²) in [4.78, 5) is 15.7. The van der Waals surface area contributed by atoms with Gasteiger partial charge in [0.1, 0.15) is 5.82 Å². The van der Waals surface area contributed by atoms with E-state index in [0.29, 0.717) is 5.82 Å². The molecule has 2 aromatic rings. The fraction of sp³-hybridized carbons (Fsp3) is 0.400. The van der Waals surface area contributed by atoms with Gasteiger partial charge in [-0.3, -0.25) is 4.68 Å². The van der Waals surface area contributed by atoms with Crippen molar-refractivity contribution in [3.8, 4) is 0 Å². The first-order chi connectivity index (χ1) is 9.86. The lowest BCUT2D eigenvalue weighted by atomic mass is 10.1. The van der Waals surface area contributed by atoms with Gasteiger partial charge >= 0.3 is 5.97 Å². The van der Waals surface area contributed by atoms with Crippen LogP contribution in [0.2, 0.25) is 0 Å². The van der Waals surface area contributed by atoms with E-state index in [1.54, 1.807) is 12.3 Å². The Balaban J connectivity index is 2.31. The van der Waals surface area contributed by atoms with Gasteiger partial charge in [-0.05, 0) is 31.9 Å². The van der Waals surface area contributed by atoms with Gasteiger partial charge in [0.25, 0.3) is 0 Å². The van der Waals surface area contributed by atoms with Gasteiger partial charge in [0.05, 0.1) is 17.4 Å². The highest BCUT2D eigenvalue weighted by molar-refractivity contribution is 5.88. The van der Waals surface area contributed by atoms with Gasteiger partial charge in [-0.25, -0.2) is 9.78 Å². The van der Waals surface area contributed by atoms with Crippen molar-refractivity contribution in [2.24, 2.45) is 0 Å². The molecule has 0 fully saturated rings. The van der Waals surface area contributed by atoms with Crippen LogP contribution in [-0.4, -0.2) is 25.8 Å². The van der Waals surface area contributed by atoms with Crippen LogP contribution in [0.1, 0.15) is 55.7 Å². The van der Waals surface area contributed by atoms with Crippen LogP contribution < -0.4 is 5.32 Å². The van der Waals surface area contributed by atoms with Crippen LogP contribution >= 0.6 is 0 Å². The van der Waals surface area contributed by atoms with Gasteiger partial charge < -0.3 is 10.4 Å². The highest BCUT2D eigenvalue weighted by atomic mass is 16.4. The van der Waals surface area contributed by atoms with E-state index in [-0.39, 0.29) is 17.5 Å². The van der Waals surface area contributed by atoms with Gasteiger partial charge in [-0.1, -0.05) is 13.8 Å². The zero-order valence-electron chi connectivity index (χ0n) is 12.7. The minimum absolute atomic E-state index is 0.156. The Labute approximate surface area is 123 Å². The minimum Gasteiger partial charge on any atom is -0.478 e. The predicted molar refractivity (Wildman–Crippen MR) is 81.2 cm³/mol. The number of hydrogen-bond acceptors (Lipinski definition) is 4. The van der Waals surface area contributed by atoms with Crippen molar-refractivity contribution in [2.45, 2.75) is 39.7 Å². The Hall–Kier alpha value is -2.37. The van der Waals surface area contributed by atoms with Crippen molar-refractivity contribution in [3.05, 3.63) is 35.8 Å². The van der Waals surface area contributed by atoms with E-state index in [9.17, 15) is 9.90 Å². The molecule has 0 aliphatic carbocycles. The Morgan fingerprint density at radius 3 is 2.52 bits per heavy atom.